The van der Waals surface area contributed by atoms with Crippen molar-refractivity contribution in [3.63, 3.8) is 0 Å². The molecule has 124 valence electrons. The van der Waals surface area contributed by atoms with E-state index in [4.69, 9.17) is 4.74 Å². The molecule has 0 aliphatic rings. The van der Waals surface area contributed by atoms with Crippen LogP contribution in [0.3, 0.4) is 0 Å². The Hall–Kier alpha value is -1.95. The van der Waals surface area contributed by atoms with Crippen LogP contribution in [-0.4, -0.2) is 34.9 Å². The minimum absolute atomic E-state index is 0.0475. The first-order valence-corrected chi connectivity index (χ1v) is 8.80. The second-order valence-electron chi connectivity index (χ2n) is 5.13. The van der Waals surface area contributed by atoms with Crippen LogP contribution in [0.2, 0.25) is 0 Å². The molecule has 0 aliphatic heterocycles. The number of ether oxygens (including phenoxy) is 1. The summed E-state index contributed by atoms with van der Waals surface area (Å²) in [6, 6.07) is 7.76. The number of imidazole rings is 1. The largest absolute Gasteiger partial charge is 0.497 e. The van der Waals surface area contributed by atoms with Crippen molar-refractivity contribution >= 4 is 17.7 Å². The van der Waals surface area contributed by atoms with Gasteiger partial charge in [-0.25, -0.2) is 4.98 Å². The summed E-state index contributed by atoms with van der Waals surface area (Å²) < 4.78 is 7.21. The number of carbonyl (C=O) groups is 1. The number of hydrogen-bond acceptors (Lipinski definition) is 4. The van der Waals surface area contributed by atoms with E-state index in [0.29, 0.717) is 5.75 Å². The van der Waals surface area contributed by atoms with Gasteiger partial charge in [0.15, 0.2) is 5.16 Å². The molecule has 1 amide bonds. The van der Waals surface area contributed by atoms with Gasteiger partial charge in [0.1, 0.15) is 5.75 Å². The van der Waals surface area contributed by atoms with E-state index in [9.17, 15) is 4.79 Å². The monoisotopic (exact) mass is 333 g/mol. The van der Waals surface area contributed by atoms with E-state index in [1.807, 2.05) is 35.0 Å². The van der Waals surface area contributed by atoms with Crippen LogP contribution in [-0.2, 0) is 4.79 Å². The fraction of sp³-hybridized carbons (Fsp3) is 0.412. The Labute approximate surface area is 141 Å². The second kappa shape index (κ2) is 9.25. The molecule has 2 rings (SSSR count). The van der Waals surface area contributed by atoms with Crippen LogP contribution in [0, 0.1) is 0 Å². The molecule has 6 heteroatoms. The van der Waals surface area contributed by atoms with Crippen molar-refractivity contribution < 1.29 is 9.53 Å². The average Bonchev–Trinajstić information content (AvgIpc) is 3.05. The molecular weight excluding hydrogens is 310 g/mol. The summed E-state index contributed by atoms with van der Waals surface area (Å²) in [5.41, 5.74) is 0.965. The normalized spacial score (nSPS) is 10.5. The SMILES string of the molecule is CCCCCNC(=O)CSc1nccn1-c1cccc(OC)c1. The highest BCUT2D eigenvalue weighted by Crippen LogP contribution is 2.22. The minimum atomic E-state index is 0.0475. The van der Waals surface area contributed by atoms with Gasteiger partial charge in [0.2, 0.25) is 5.91 Å². The van der Waals surface area contributed by atoms with Gasteiger partial charge in [-0.3, -0.25) is 9.36 Å². The van der Waals surface area contributed by atoms with E-state index in [1.54, 1.807) is 13.3 Å². The lowest BCUT2D eigenvalue weighted by Crippen LogP contribution is -2.26. The summed E-state index contributed by atoms with van der Waals surface area (Å²) in [7, 11) is 1.64. The molecule has 1 aromatic heterocycles. The van der Waals surface area contributed by atoms with E-state index in [0.717, 1.165) is 42.4 Å². The van der Waals surface area contributed by atoms with Crippen LogP contribution in [0.5, 0.6) is 5.75 Å². The quantitative estimate of drug-likeness (QED) is 0.565. The van der Waals surface area contributed by atoms with Crippen LogP contribution >= 0.6 is 11.8 Å². The number of hydrogen-bond donors (Lipinski definition) is 1. The Morgan fingerprint density at radius 2 is 2.26 bits per heavy atom. The zero-order chi connectivity index (χ0) is 16.5. The summed E-state index contributed by atoms with van der Waals surface area (Å²) in [4.78, 5) is 16.2. The number of benzene rings is 1. The number of methoxy groups -OCH3 is 1. The number of thioether (sulfide) groups is 1. The topological polar surface area (TPSA) is 56.2 Å². The molecule has 0 saturated heterocycles. The molecule has 0 radical (unpaired) electrons. The highest BCUT2D eigenvalue weighted by molar-refractivity contribution is 7.99. The van der Waals surface area contributed by atoms with Gasteiger partial charge < -0.3 is 10.1 Å². The maximum atomic E-state index is 11.9. The van der Waals surface area contributed by atoms with Gasteiger partial charge in [-0.15, -0.1) is 0 Å². The van der Waals surface area contributed by atoms with Crippen LogP contribution in [0.1, 0.15) is 26.2 Å². The van der Waals surface area contributed by atoms with Crippen molar-refractivity contribution in [1.29, 1.82) is 0 Å². The van der Waals surface area contributed by atoms with E-state index in [-0.39, 0.29) is 5.91 Å². The van der Waals surface area contributed by atoms with Gasteiger partial charge in [0, 0.05) is 25.0 Å². The smallest absolute Gasteiger partial charge is 0.230 e. The van der Waals surface area contributed by atoms with Crippen molar-refractivity contribution in [2.75, 3.05) is 19.4 Å². The predicted molar refractivity (Wildman–Crippen MR) is 93.4 cm³/mol. The highest BCUT2D eigenvalue weighted by atomic mass is 32.2. The van der Waals surface area contributed by atoms with Crippen LogP contribution < -0.4 is 10.1 Å². The summed E-state index contributed by atoms with van der Waals surface area (Å²) in [6.45, 7) is 2.90. The van der Waals surface area contributed by atoms with Gasteiger partial charge in [-0.2, -0.15) is 0 Å². The lowest BCUT2D eigenvalue weighted by Gasteiger charge is -2.09. The van der Waals surface area contributed by atoms with Crippen molar-refractivity contribution in [2.24, 2.45) is 0 Å². The number of unbranched alkanes of at least 4 members (excludes halogenated alkanes) is 2. The summed E-state index contributed by atoms with van der Waals surface area (Å²) in [6.07, 6.45) is 6.96. The summed E-state index contributed by atoms with van der Waals surface area (Å²) in [5.74, 6) is 1.21. The molecule has 0 aliphatic carbocycles. The average molecular weight is 333 g/mol. The Bertz CT molecular complexity index is 628. The Morgan fingerprint density at radius 1 is 1.39 bits per heavy atom. The molecule has 0 atom stereocenters. The fourth-order valence-corrected chi connectivity index (χ4v) is 2.94. The third-order valence-corrected chi connectivity index (χ3v) is 4.34. The zero-order valence-corrected chi connectivity index (χ0v) is 14.4. The Morgan fingerprint density at radius 3 is 3.04 bits per heavy atom. The number of rotatable bonds is 9. The maximum absolute atomic E-state index is 11.9. The van der Waals surface area contributed by atoms with E-state index >= 15 is 0 Å². The molecule has 2 aromatic rings. The van der Waals surface area contributed by atoms with E-state index in [1.165, 1.54) is 11.8 Å². The van der Waals surface area contributed by atoms with Gasteiger partial charge in [-0.1, -0.05) is 37.6 Å². The summed E-state index contributed by atoms with van der Waals surface area (Å²) in [5, 5.41) is 3.73. The van der Waals surface area contributed by atoms with Crippen molar-refractivity contribution in [2.45, 2.75) is 31.3 Å². The molecular formula is C17H23N3O2S. The fourth-order valence-electron chi connectivity index (χ4n) is 2.14. The van der Waals surface area contributed by atoms with Crippen molar-refractivity contribution in [3.8, 4) is 11.4 Å². The van der Waals surface area contributed by atoms with Crippen molar-refractivity contribution in [1.82, 2.24) is 14.9 Å². The zero-order valence-electron chi connectivity index (χ0n) is 13.6. The predicted octanol–water partition coefficient (Wildman–Crippen LogP) is 3.28. The van der Waals surface area contributed by atoms with Gasteiger partial charge in [-0.05, 0) is 18.6 Å². The Kier molecular flexibility index (Phi) is 7.00. The van der Waals surface area contributed by atoms with Gasteiger partial charge >= 0.3 is 0 Å². The molecule has 1 aromatic carbocycles. The number of carbonyl (C=O) groups excluding carboxylic acids is 1. The number of aromatic nitrogens is 2. The van der Waals surface area contributed by atoms with E-state index < -0.39 is 0 Å². The first-order valence-electron chi connectivity index (χ1n) is 7.82. The molecule has 0 unspecified atom stereocenters. The number of amides is 1. The first-order chi connectivity index (χ1) is 11.2. The molecule has 0 saturated carbocycles. The Balaban J connectivity index is 1.92. The van der Waals surface area contributed by atoms with Gasteiger partial charge in [0.05, 0.1) is 18.6 Å². The molecule has 0 spiro atoms. The molecule has 0 fully saturated rings. The maximum Gasteiger partial charge on any atom is 0.230 e. The number of nitrogens with zero attached hydrogens (tertiary/aromatic N) is 2. The van der Waals surface area contributed by atoms with Gasteiger partial charge in [0.25, 0.3) is 0 Å². The summed E-state index contributed by atoms with van der Waals surface area (Å²) >= 11 is 1.43. The van der Waals surface area contributed by atoms with Crippen molar-refractivity contribution in [3.05, 3.63) is 36.7 Å². The molecule has 1 N–H and O–H groups in total. The molecule has 23 heavy (non-hydrogen) atoms. The third-order valence-electron chi connectivity index (χ3n) is 3.37. The lowest BCUT2D eigenvalue weighted by atomic mass is 10.2. The standard InChI is InChI=1S/C17H23N3O2S/c1-3-4-5-9-18-16(21)13-23-17-19-10-11-20(17)14-7-6-8-15(12-14)22-2/h6-8,10-12H,3-5,9,13H2,1-2H3,(H,18,21). The first kappa shape index (κ1) is 17.4. The van der Waals surface area contributed by atoms with Crippen LogP contribution in [0.4, 0.5) is 0 Å². The minimum Gasteiger partial charge on any atom is -0.497 e. The van der Waals surface area contributed by atoms with E-state index in [2.05, 4.69) is 17.2 Å². The lowest BCUT2D eigenvalue weighted by molar-refractivity contribution is -0.118. The van der Waals surface area contributed by atoms with Crippen LogP contribution in [0.15, 0.2) is 41.8 Å². The highest BCUT2D eigenvalue weighted by Gasteiger charge is 2.09. The second-order valence-corrected chi connectivity index (χ2v) is 6.07. The van der Waals surface area contributed by atoms with Crippen LogP contribution in [0.25, 0.3) is 5.69 Å². The molecule has 1 heterocycles. The number of nitrogens with one attached hydrogen (secondary N) is 1. The molecule has 0 bridgehead atoms. The molecule has 5 nitrogen and oxygen atoms in total. The third kappa shape index (κ3) is 5.32.